The van der Waals surface area contributed by atoms with Crippen molar-refractivity contribution in [3.8, 4) is 0 Å². The van der Waals surface area contributed by atoms with E-state index in [0.717, 1.165) is 30.5 Å². The third-order valence-corrected chi connectivity index (χ3v) is 4.07. The second kappa shape index (κ2) is 3.86. The number of nitrogen functional groups attached to an aromatic ring is 1. The molecule has 17 heavy (non-hydrogen) atoms. The van der Waals surface area contributed by atoms with E-state index in [0.29, 0.717) is 11.2 Å². The van der Waals surface area contributed by atoms with E-state index in [-0.39, 0.29) is 0 Å². The average molecular weight is 232 g/mol. The third kappa shape index (κ3) is 2.21. The van der Waals surface area contributed by atoms with Gasteiger partial charge >= 0.3 is 0 Å². The topological polar surface area (TPSA) is 63.8 Å². The maximum absolute atomic E-state index is 5.77. The lowest BCUT2D eigenvalue weighted by atomic mass is 10.0. The van der Waals surface area contributed by atoms with Crippen LogP contribution in [0.1, 0.15) is 38.4 Å². The van der Waals surface area contributed by atoms with Crippen LogP contribution in [0.4, 0.5) is 11.6 Å². The number of nitrogens with zero attached hydrogens (tertiary/aromatic N) is 2. The van der Waals surface area contributed by atoms with Crippen LogP contribution < -0.4 is 11.1 Å². The van der Waals surface area contributed by atoms with Crippen LogP contribution in [0.25, 0.3) is 0 Å². The molecule has 2 saturated carbocycles. The monoisotopic (exact) mass is 232 g/mol. The number of hydrogen-bond donors (Lipinski definition) is 2. The lowest BCUT2D eigenvalue weighted by molar-refractivity contribution is 0.466. The van der Waals surface area contributed by atoms with E-state index in [1.165, 1.54) is 25.7 Å². The van der Waals surface area contributed by atoms with Crippen LogP contribution in [0.2, 0.25) is 0 Å². The molecule has 0 bridgehead atoms. The Morgan fingerprint density at radius 1 is 1.41 bits per heavy atom. The second-order valence-electron chi connectivity index (χ2n) is 5.44. The Hall–Kier alpha value is -1.32. The van der Waals surface area contributed by atoms with E-state index in [9.17, 15) is 0 Å². The molecule has 0 saturated heterocycles. The first kappa shape index (κ1) is 10.8. The number of hydrogen-bond acceptors (Lipinski definition) is 4. The molecule has 1 aromatic heterocycles. The molecule has 4 heteroatoms. The van der Waals surface area contributed by atoms with Gasteiger partial charge in [-0.1, -0.05) is 6.92 Å². The molecule has 0 radical (unpaired) electrons. The minimum absolute atomic E-state index is 0.565. The molecule has 4 nitrogen and oxygen atoms in total. The van der Waals surface area contributed by atoms with Gasteiger partial charge in [-0.15, -0.1) is 0 Å². The largest absolute Gasteiger partial charge is 0.384 e. The standard InChI is InChI=1S/C13H20N4/c1-2-11-16-10(14)7-12(17-11)15-8-13(5-6-13)9-3-4-9/h7,9H,2-6,8H2,1H3,(H3,14,15,16,17). The highest BCUT2D eigenvalue weighted by Crippen LogP contribution is 2.61. The smallest absolute Gasteiger partial charge is 0.132 e. The Morgan fingerprint density at radius 2 is 2.18 bits per heavy atom. The van der Waals surface area contributed by atoms with Crippen molar-refractivity contribution in [3.63, 3.8) is 0 Å². The molecule has 2 aliphatic carbocycles. The summed E-state index contributed by atoms with van der Waals surface area (Å²) in [5, 5.41) is 3.45. The van der Waals surface area contributed by atoms with E-state index in [1.54, 1.807) is 0 Å². The van der Waals surface area contributed by atoms with Gasteiger partial charge in [0.05, 0.1) is 0 Å². The fourth-order valence-corrected chi connectivity index (χ4v) is 2.62. The lowest BCUT2D eigenvalue weighted by Crippen LogP contribution is -2.18. The average Bonchev–Trinajstić information content (AvgIpc) is 3.15. The molecule has 1 heterocycles. The van der Waals surface area contributed by atoms with Crippen LogP contribution in [0, 0.1) is 11.3 Å². The van der Waals surface area contributed by atoms with Crippen LogP contribution >= 0.6 is 0 Å². The minimum Gasteiger partial charge on any atom is -0.384 e. The number of aromatic nitrogens is 2. The molecule has 0 atom stereocenters. The van der Waals surface area contributed by atoms with Gasteiger partial charge in [0, 0.05) is 19.0 Å². The molecule has 0 spiro atoms. The zero-order valence-corrected chi connectivity index (χ0v) is 10.4. The first-order valence-corrected chi connectivity index (χ1v) is 6.59. The molecule has 0 aromatic carbocycles. The van der Waals surface area contributed by atoms with Gasteiger partial charge in [-0.05, 0) is 37.0 Å². The van der Waals surface area contributed by atoms with Crippen LogP contribution in [-0.2, 0) is 6.42 Å². The van der Waals surface area contributed by atoms with Gasteiger partial charge in [0.2, 0.25) is 0 Å². The van der Waals surface area contributed by atoms with Crippen molar-refractivity contribution in [2.24, 2.45) is 11.3 Å². The SMILES string of the molecule is CCc1nc(N)cc(NCC2(C3CC3)CC2)n1. The summed E-state index contributed by atoms with van der Waals surface area (Å²) in [7, 11) is 0. The Balaban J connectivity index is 1.66. The Morgan fingerprint density at radius 3 is 2.76 bits per heavy atom. The molecular formula is C13H20N4. The predicted molar refractivity (Wildman–Crippen MR) is 68.7 cm³/mol. The molecule has 2 aliphatic rings. The van der Waals surface area contributed by atoms with E-state index in [2.05, 4.69) is 15.3 Å². The first-order chi connectivity index (χ1) is 8.22. The summed E-state index contributed by atoms with van der Waals surface area (Å²) in [6.07, 6.45) is 6.44. The highest BCUT2D eigenvalue weighted by atomic mass is 15.1. The maximum Gasteiger partial charge on any atom is 0.132 e. The van der Waals surface area contributed by atoms with E-state index in [4.69, 9.17) is 5.73 Å². The van der Waals surface area contributed by atoms with Gasteiger partial charge in [-0.25, -0.2) is 9.97 Å². The van der Waals surface area contributed by atoms with Crippen molar-refractivity contribution in [1.82, 2.24) is 9.97 Å². The van der Waals surface area contributed by atoms with Gasteiger partial charge in [0.25, 0.3) is 0 Å². The lowest BCUT2D eigenvalue weighted by Gasteiger charge is -2.15. The normalized spacial score (nSPS) is 21.2. The van der Waals surface area contributed by atoms with Crippen LogP contribution in [0.5, 0.6) is 0 Å². The van der Waals surface area contributed by atoms with Gasteiger partial charge < -0.3 is 11.1 Å². The number of anilines is 2. The van der Waals surface area contributed by atoms with Gasteiger partial charge in [-0.3, -0.25) is 0 Å². The number of nitrogens with one attached hydrogen (secondary N) is 1. The summed E-state index contributed by atoms with van der Waals surface area (Å²) < 4.78 is 0. The third-order valence-electron chi connectivity index (χ3n) is 4.07. The Kier molecular flexibility index (Phi) is 2.45. The van der Waals surface area contributed by atoms with E-state index < -0.39 is 0 Å². The van der Waals surface area contributed by atoms with Gasteiger partial charge in [0.1, 0.15) is 17.5 Å². The molecule has 2 fully saturated rings. The zero-order chi connectivity index (χ0) is 11.9. The highest BCUT2D eigenvalue weighted by Gasteiger charge is 2.53. The van der Waals surface area contributed by atoms with E-state index in [1.807, 2.05) is 13.0 Å². The molecule has 0 unspecified atom stereocenters. The molecule has 1 aromatic rings. The van der Waals surface area contributed by atoms with E-state index >= 15 is 0 Å². The Labute approximate surface area is 102 Å². The molecule has 3 rings (SSSR count). The van der Waals surface area contributed by atoms with Crippen molar-refractivity contribution in [1.29, 1.82) is 0 Å². The summed E-state index contributed by atoms with van der Waals surface area (Å²) >= 11 is 0. The molecule has 0 aliphatic heterocycles. The number of nitrogens with two attached hydrogens (primary N) is 1. The molecular weight excluding hydrogens is 212 g/mol. The Bertz CT molecular complexity index is 421. The summed E-state index contributed by atoms with van der Waals surface area (Å²) in [5.74, 6) is 3.25. The first-order valence-electron chi connectivity index (χ1n) is 6.59. The molecule has 92 valence electrons. The van der Waals surface area contributed by atoms with Crippen molar-refractivity contribution < 1.29 is 0 Å². The van der Waals surface area contributed by atoms with Crippen molar-refractivity contribution in [2.75, 3.05) is 17.6 Å². The highest BCUT2D eigenvalue weighted by molar-refractivity contribution is 5.45. The van der Waals surface area contributed by atoms with Crippen molar-refractivity contribution in [3.05, 3.63) is 11.9 Å². The second-order valence-corrected chi connectivity index (χ2v) is 5.44. The summed E-state index contributed by atoms with van der Waals surface area (Å²) in [6, 6.07) is 1.84. The fourth-order valence-electron chi connectivity index (χ4n) is 2.62. The summed E-state index contributed by atoms with van der Waals surface area (Å²) in [5.41, 5.74) is 6.36. The van der Waals surface area contributed by atoms with Crippen LogP contribution in [-0.4, -0.2) is 16.5 Å². The van der Waals surface area contributed by atoms with Gasteiger partial charge in [0.15, 0.2) is 0 Å². The zero-order valence-electron chi connectivity index (χ0n) is 10.4. The quantitative estimate of drug-likeness (QED) is 0.817. The fraction of sp³-hybridized carbons (Fsp3) is 0.692. The maximum atomic E-state index is 5.77. The minimum atomic E-state index is 0.565. The molecule has 3 N–H and O–H groups in total. The molecule has 0 amide bonds. The summed E-state index contributed by atoms with van der Waals surface area (Å²) in [4.78, 5) is 8.65. The van der Waals surface area contributed by atoms with Crippen molar-refractivity contribution >= 4 is 11.6 Å². The predicted octanol–water partition coefficient (Wildman–Crippen LogP) is 2.22. The van der Waals surface area contributed by atoms with Crippen LogP contribution in [0.15, 0.2) is 6.07 Å². The van der Waals surface area contributed by atoms with Gasteiger partial charge in [-0.2, -0.15) is 0 Å². The number of rotatable bonds is 5. The van der Waals surface area contributed by atoms with Crippen LogP contribution in [0.3, 0.4) is 0 Å². The number of aryl methyl sites for hydroxylation is 1. The summed E-state index contributed by atoms with van der Waals surface area (Å²) in [6.45, 7) is 3.10. The van der Waals surface area contributed by atoms with Crippen molar-refractivity contribution in [2.45, 2.75) is 39.0 Å².